The minimum Gasteiger partial charge on any atom is -0.507 e. The maximum absolute atomic E-state index is 11.7. The predicted octanol–water partition coefficient (Wildman–Crippen LogP) is 5.33. The summed E-state index contributed by atoms with van der Waals surface area (Å²) in [6.07, 6.45) is 4.74. The molecule has 3 nitrogen and oxygen atoms in total. The van der Waals surface area contributed by atoms with Gasteiger partial charge in [-0.3, -0.25) is 0 Å². The van der Waals surface area contributed by atoms with E-state index in [0.29, 0.717) is 23.1 Å². The molecule has 6 rings (SSSR count). The number of fused-ring (bicyclic) bond motifs is 10. The smallest absolute Gasteiger partial charge is 0.335 e. The first kappa shape index (κ1) is 15.3. The Kier molecular flexibility index (Phi) is 2.78. The van der Waals surface area contributed by atoms with E-state index >= 15 is 0 Å². The number of phenolic OH excluding ortho intramolecular Hbond substituents is 1. The normalized spacial score (nSPS) is 27.3. The molecule has 0 radical (unpaired) electrons. The fourth-order valence-electron chi connectivity index (χ4n) is 6.40. The third-order valence-electron chi connectivity index (χ3n) is 7.37. The van der Waals surface area contributed by atoms with E-state index in [1.54, 1.807) is 6.07 Å². The quantitative estimate of drug-likeness (QED) is 0.619. The van der Waals surface area contributed by atoms with Crippen molar-refractivity contribution in [2.24, 2.45) is 11.8 Å². The summed E-state index contributed by atoms with van der Waals surface area (Å²) in [6.45, 7) is 0. The lowest BCUT2D eigenvalue weighted by Gasteiger charge is -2.36. The van der Waals surface area contributed by atoms with Crippen LogP contribution in [0.15, 0.2) is 48.5 Å². The summed E-state index contributed by atoms with van der Waals surface area (Å²) in [6, 6.07) is 15.6. The average molecular weight is 356 g/mol. The Labute approximate surface area is 157 Å². The second-order valence-electron chi connectivity index (χ2n) is 8.48. The van der Waals surface area contributed by atoms with Crippen molar-refractivity contribution in [1.29, 1.82) is 0 Å². The largest absolute Gasteiger partial charge is 0.507 e. The highest BCUT2D eigenvalue weighted by Gasteiger charge is 2.57. The molecule has 2 N–H and O–H groups in total. The first-order valence-electron chi connectivity index (χ1n) is 9.73. The lowest BCUT2D eigenvalue weighted by atomic mass is 9.66. The molecule has 0 aromatic heterocycles. The average Bonchev–Trinajstić information content (AvgIpc) is 3.35. The predicted molar refractivity (Wildman–Crippen MR) is 104 cm³/mol. The lowest BCUT2D eigenvalue weighted by Crippen LogP contribution is -2.32. The Bertz CT molecular complexity index is 1150. The summed E-state index contributed by atoms with van der Waals surface area (Å²) in [4.78, 5) is 11.7. The summed E-state index contributed by atoms with van der Waals surface area (Å²) < 4.78 is 0. The van der Waals surface area contributed by atoms with Gasteiger partial charge in [-0.25, -0.2) is 4.79 Å². The Morgan fingerprint density at radius 3 is 2.52 bits per heavy atom. The van der Waals surface area contributed by atoms with Gasteiger partial charge in [-0.1, -0.05) is 36.8 Å². The SMILES string of the molecule is O=C(O)c1ccc2c(c1)C1(CC3CCC1C3)c1cc(O)c3ccccc3c1-2. The van der Waals surface area contributed by atoms with Crippen LogP contribution in [-0.2, 0) is 5.41 Å². The van der Waals surface area contributed by atoms with Crippen molar-refractivity contribution in [3.8, 4) is 16.9 Å². The zero-order valence-electron chi connectivity index (χ0n) is 14.9. The highest BCUT2D eigenvalue weighted by atomic mass is 16.4. The Morgan fingerprint density at radius 1 is 1.00 bits per heavy atom. The standard InChI is InChI=1S/C24H20O3/c25-21-11-20-22(17-4-2-1-3-16(17)21)18-8-6-14(23(26)27)10-19(18)24(20)12-13-5-7-15(24)9-13/h1-4,6,8,10-11,13,15,25H,5,7,9,12H2,(H,26,27). The lowest BCUT2D eigenvalue weighted by molar-refractivity contribution is 0.0696. The number of hydrogen-bond acceptors (Lipinski definition) is 2. The van der Waals surface area contributed by atoms with E-state index in [4.69, 9.17) is 0 Å². The van der Waals surface area contributed by atoms with Crippen LogP contribution in [-0.4, -0.2) is 16.2 Å². The van der Waals surface area contributed by atoms with Crippen LogP contribution in [0, 0.1) is 11.8 Å². The van der Waals surface area contributed by atoms with Crippen LogP contribution >= 0.6 is 0 Å². The van der Waals surface area contributed by atoms with Crippen molar-refractivity contribution in [2.75, 3.05) is 0 Å². The number of carboxylic acids is 1. The van der Waals surface area contributed by atoms with Gasteiger partial charge in [0.1, 0.15) is 5.75 Å². The number of rotatable bonds is 1. The third kappa shape index (κ3) is 1.75. The van der Waals surface area contributed by atoms with Gasteiger partial charge in [-0.05, 0) is 76.9 Å². The first-order valence-corrected chi connectivity index (χ1v) is 9.73. The van der Waals surface area contributed by atoms with Crippen molar-refractivity contribution < 1.29 is 15.0 Å². The Hall–Kier alpha value is -2.81. The van der Waals surface area contributed by atoms with Gasteiger partial charge in [0.15, 0.2) is 0 Å². The Balaban J connectivity index is 1.76. The summed E-state index contributed by atoms with van der Waals surface area (Å²) in [5, 5.41) is 22.3. The van der Waals surface area contributed by atoms with E-state index in [9.17, 15) is 15.0 Å². The van der Waals surface area contributed by atoms with Gasteiger partial charge in [0.25, 0.3) is 0 Å². The molecule has 3 unspecified atom stereocenters. The number of benzene rings is 3. The molecule has 1 spiro atoms. The molecule has 2 fully saturated rings. The second kappa shape index (κ2) is 4.92. The number of carboxylic acid groups (broad SMARTS) is 1. The molecule has 3 atom stereocenters. The van der Waals surface area contributed by atoms with Gasteiger partial charge in [0, 0.05) is 10.8 Å². The molecule has 2 saturated carbocycles. The molecule has 0 aliphatic heterocycles. The van der Waals surface area contributed by atoms with Crippen LogP contribution in [0.5, 0.6) is 5.75 Å². The zero-order chi connectivity index (χ0) is 18.3. The fourth-order valence-corrected chi connectivity index (χ4v) is 6.40. The van der Waals surface area contributed by atoms with Gasteiger partial charge in [-0.15, -0.1) is 0 Å². The van der Waals surface area contributed by atoms with E-state index in [-0.39, 0.29) is 5.41 Å². The highest BCUT2D eigenvalue weighted by molar-refractivity contribution is 6.06. The molecule has 3 aliphatic carbocycles. The molecule has 3 aromatic carbocycles. The topological polar surface area (TPSA) is 57.5 Å². The molecule has 3 aromatic rings. The highest BCUT2D eigenvalue weighted by Crippen LogP contribution is 2.66. The zero-order valence-corrected chi connectivity index (χ0v) is 14.9. The summed E-state index contributed by atoms with van der Waals surface area (Å²) in [5.41, 5.74) is 4.95. The number of aromatic carboxylic acids is 1. The van der Waals surface area contributed by atoms with Crippen LogP contribution in [0.2, 0.25) is 0 Å². The maximum atomic E-state index is 11.7. The summed E-state index contributed by atoms with van der Waals surface area (Å²) in [7, 11) is 0. The van der Waals surface area contributed by atoms with E-state index in [1.165, 1.54) is 36.0 Å². The van der Waals surface area contributed by atoms with Crippen molar-refractivity contribution in [1.82, 2.24) is 0 Å². The number of aromatic hydroxyl groups is 1. The van der Waals surface area contributed by atoms with E-state index in [2.05, 4.69) is 6.07 Å². The van der Waals surface area contributed by atoms with Crippen molar-refractivity contribution in [3.05, 3.63) is 65.2 Å². The van der Waals surface area contributed by atoms with Crippen LogP contribution in [0.25, 0.3) is 21.9 Å². The van der Waals surface area contributed by atoms with Gasteiger partial charge in [0.2, 0.25) is 0 Å². The van der Waals surface area contributed by atoms with E-state index < -0.39 is 5.97 Å². The molecule has 0 heterocycles. The Morgan fingerprint density at radius 2 is 1.81 bits per heavy atom. The monoisotopic (exact) mass is 356 g/mol. The molecule has 27 heavy (non-hydrogen) atoms. The van der Waals surface area contributed by atoms with Gasteiger partial charge < -0.3 is 10.2 Å². The summed E-state index contributed by atoms with van der Waals surface area (Å²) >= 11 is 0. The molecule has 134 valence electrons. The van der Waals surface area contributed by atoms with Gasteiger partial charge >= 0.3 is 5.97 Å². The van der Waals surface area contributed by atoms with Crippen molar-refractivity contribution in [3.63, 3.8) is 0 Å². The molecule has 3 aliphatic rings. The van der Waals surface area contributed by atoms with Crippen LogP contribution in [0.4, 0.5) is 0 Å². The van der Waals surface area contributed by atoms with Crippen LogP contribution < -0.4 is 0 Å². The van der Waals surface area contributed by atoms with E-state index in [1.807, 2.05) is 36.4 Å². The maximum Gasteiger partial charge on any atom is 0.335 e. The summed E-state index contributed by atoms with van der Waals surface area (Å²) in [5.74, 6) is 0.695. The number of carbonyl (C=O) groups is 1. The van der Waals surface area contributed by atoms with E-state index in [0.717, 1.165) is 22.8 Å². The minimum atomic E-state index is -0.875. The first-order chi connectivity index (χ1) is 13.1. The van der Waals surface area contributed by atoms with Crippen LogP contribution in [0.3, 0.4) is 0 Å². The molecule has 0 amide bonds. The van der Waals surface area contributed by atoms with Crippen molar-refractivity contribution >= 4 is 16.7 Å². The molecular weight excluding hydrogens is 336 g/mol. The number of phenols is 1. The molecular formula is C24H20O3. The van der Waals surface area contributed by atoms with Crippen LogP contribution in [0.1, 0.15) is 47.2 Å². The molecule has 2 bridgehead atoms. The van der Waals surface area contributed by atoms with Gasteiger partial charge in [-0.2, -0.15) is 0 Å². The molecule has 0 saturated heterocycles. The second-order valence-corrected chi connectivity index (χ2v) is 8.48. The third-order valence-corrected chi connectivity index (χ3v) is 7.37. The van der Waals surface area contributed by atoms with Crippen molar-refractivity contribution in [2.45, 2.75) is 31.1 Å². The van der Waals surface area contributed by atoms with Gasteiger partial charge in [0.05, 0.1) is 5.56 Å². The number of hydrogen-bond donors (Lipinski definition) is 2. The molecule has 3 heteroatoms. The minimum absolute atomic E-state index is 0.138. The fraction of sp³-hybridized carbons (Fsp3) is 0.292.